The van der Waals surface area contributed by atoms with Gasteiger partial charge in [0.15, 0.2) is 0 Å². The lowest BCUT2D eigenvalue weighted by Crippen LogP contribution is -2.60. The van der Waals surface area contributed by atoms with Crippen LogP contribution in [0, 0.1) is 5.92 Å². The van der Waals surface area contributed by atoms with Crippen LogP contribution in [0.1, 0.15) is 33.6 Å². The van der Waals surface area contributed by atoms with E-state index in [1.807, 2.05) is 25.7 Å². The normalized spacial score (nSPS) is 32.2. The zero-order chi connectivity index (χ0) is 13.3. The summed E-state index contributed by atoms with van der Waals surface area (Å²) in [6.45, 7) is 6.95. The van der Waals surface area contributed by atoms with Crippen LogP contribution in [0.25, 0.3) is 0 Å². The number of thiol groups is 1. The lowest BCUT2D eigenvalue weighted by atomic mass is 9.86. The fourth-order valence-electron chi connectivity index (χ4n) is 2.79. The molecule has 0 aliphatic carbocycles. The van der Waals surface area contributed by atoms with Gasteiger partial charge in [-0.2, -0.15) is 12.6 Å². The Morgan fingerprint density at radius 2 is 1.89 bits per heavy atom. The fourth-order valence-corrected chi connectivity index (χ4v) is 3.09. The number of hydrogen-bond acceptors (Lipinski definition) is 4. The van der Waals surface area contributed by atoms with E-state index < -0.39 is 5.60 Å². The van der Waals surface area contributed by atoms with Crippen molar-refractivity contribution in [2.24, 2.45) is 5.92 Å². The van der Waals surface area contributed by atoms with E-state index in [1.165, 1.54) is 0 Å². The number of ether oxygens (including phenoxy) is 2. The fraction of sp³-hybridized carbons (Fsp3) is 0.923. The number of carbonyl (C=O) groups excluding carboxylic acids is 1. The van der Waals surface area contributed by atoms with Crippen LogP contribution in [0.4, 0.5) is 4.79 Å². The lowest BCUT2D eigenvalue weighted by molar-refractivity contribution is -0.0873. The summed E-state index contributed by atoms with van der Waals surface area (Å²) in [5.41, 5.74) is -0.438. The van der Waals surface area contributed by atoms with Gasteiger partial charge in [0.05, 0.1) is 25.3 Å². The highest BCUT2D eigenvalue weighted by Crippen LogP contribution is 2.33. The second kappa shape index (κ2) is 5.29. The summed E-state index contributed by atoms with van der Waals surface area (Å²) in [6, 6.07) is 0.314. The van der Waals surface area contributed by atoms with Crippen LogP contribution in [-0.2, 0) is 9.47 Å². The third kappa shape index (κ3) is 3.12. The molecule has 1 amide bonds. The van der Waals surface area contributed by atoms with Gasteiger partial charge in [-0.25, -0.2) is 4.79 Å². The molecule has 5 heteroatoms. The summed E-state index contributed by atoms with van der Waals surface area (Å²) in [7, 11) is 0. The minimum Gasteiger partial charge on any atom is -0.444 e. The maximum atomic E-state index is 12.3. The molecule has 2 aliphatic heterocycles. The summed E-state index contributed by atoms with van der Waals surface area (Å²) in [5.74, 6) is 1.47. The molecule has 0 aromatic heterocycles. The van der Waals surface area contributed by atoms with Crippen LogP contribution >= 0.6 is 12.6 Å². The van der Waals surface area contributed by atoms with Gasteiger partial charge in [-0.15, -0.1) is 0 Å². The molecule has 2 saturated heterocycles. The van der Waals surface area contributed by atoms with E-state index in [1.54, 1.807) is 0 Å². The van der Waals surface area contributed by atoms with E-state index >= 15 is 0 Å². The predicted octanol–water partition coefficient (Wildman–Crippen LogP) is 2.33. The van der Waals surface area contributed by atoms with Crippen molar-refractivity contribution in [2.45, 2.75) is 51.3 Å². The Balaban J connectivity index is 2.06. The van der Waals surface area contributed by atoms with Crippen molar-refractivity contribution in [2.75, 3.05) is 19.0 Å². The smallest absolute Gasteiger partial charge is 0.410 e. The zero-order valence-corrected chi connectivity index (χ0v) is 12.3. The number of rotatable bonds is 1. The standard InChI is InChI=1S/C13H23NO3S/c1-13(2,3)17-12(15)14-10-4-9(8-18)5-11(14)7-16-6-10/h9-11,18H,4-8H2,1-3H3. The summed E-state index contributed by atoms with van der Waals surface area (Å²) >= 11 is 4.38. The van der Waals surface area contributed by atoms with E-state index in [-0.39, 0.29) is 18.2 Å². The molecule has 0 saturated carbocycles. The molecule has 2 fully saturated rings. The molecule has 2 aliphatic rings. The molecule has 0 N–H and O–H groups in total. The minimum absolute atomic E-state index is 0.157. The van der Waals surface area contributed by atoms with Gasteiger partial charge in [0.1, 0.15) is 5.60 Å². The van der Waals surface area contributed by atoms with Crippen molar-refractivity contribution in [1.29, 1.82) is 0 Å². The molecule has 0 spiro atoms. The van der Waals surface area contributed by atoms with Crippen molar-refractivity contribution in [3.63, 3.8) is 0 Å². The van der Waals surface area contributed by atoms with Gasteiger partial charge >= 0.3 is 6.09 Å². The van der Waals surface area contributed by atoms with Gasteiger partial charge in [-0.05, 0) is 45.3 Å². The van der Waals surface area contributed by atoms with Crippen LogP contribution < -0.4 is 0 Å². The number of carbonyl (C=O) groups is 1. The molecule has 2 heterocycles. The summed E-state index contributed by atoms with van der Waals surface area (Å²) < 4.78 is 11.1. The first-order valence-electron chi connectivity index (χ1n) is 6.60. The van der Waals surface area contributed by atoms with E-state index in [0.717, 1.165) is 18.6 Å². The molecule has 18 heavy (non-hydrogen) atoms. The Hall–Kier alpha value is -0.420. The number of amides is 1. The van der Waals surface area contributed by atoms with Crippen LogP contribution in [0.3, 0.4) is 0 Å². The molecule has 2 atom stereocenters. The van der Waals surface area contributed by atoms with E-state index in [2.05, 4.69) is 12.6 Å². The first-order chi connectivity index (χ1) is 8.40. The van der Waals surface area contributed by atoms with Crippen LogP contribution in [-0.4, -0.2) is 47.6 Å². The molecule has 2 rings (SSSR count). The van der Waals surface area contributed by atoms with Crippen molar-refractivity contribution < 1.29 is 14.3 Å². The molecule has 2 unspecified atom stereocenters. The van der Waals surface area contributed by atoms with Crippen LogP contribution in [0.2, 0.25) is 0 Å². The van der Waals surface area contributed by atoms with E-state index in [0.29, 0.717) is 19.1 Å². The minimum atomic E-state index is -0.438. The molecule has 4 nitrogen and oxygen atoms in total. The van der Waals surface area contributed by atoms with Crippen molar-refractivity contribution in [1.82, 2.24) is 4.90 Å². The Kier molecular flexibility index (Phi) is 4.11. The SMILES string of the molecule is CC(C)(C)OC(=O)N1C2COCC1CC(CS)C2. The maximum absolute atomic E-state index is 12.3. The highest BCUT2D eigenvalue weighted by Gasteiger charge is 2.42. The number of piperidine rings is 1. The average Bonchev–Trinajstić information content (AvgIpc) is 2.24. The predicted molar refractivity (Wildman–Crippen MR) is 73.0 cm³/mol. The Morgan fingerprint density at radius 3 is 2.33 bits per heavy atom. The van der Waals surface area contributed by atoms with Gasteiger partial charge in [-0.1, -0.05) is 0 Å². The second-order valence-corrected chi connectivity index (χ2v) is 6.62. The summed E-state index contributed by atoms with van der Waals surface area (Å²) in [6.07, 6.45) is 1.75. The Bertz CT molecular complexity index is 302. The number of morpholine rings is 1. The van der Waals surface area contributed by atoms with Crippen LogP contribution in [0.5, 0.6) is 0 Å². The largest absolute Gasteiger partial charge is 0.444 e. The number of hydrogen-bond donors (Lipinski definition) is 1. The number of fused-ring (bicyclic) bond motifs is 2. The third-order valence-electron chi connectivity index (χ3n) is 3.48. The Morgan fingerprint density at radius 1 is 1.33 bits per heavy atom. The molecule has 0 aromatic carbocycles. The first kappa shape index (κ1) is 14.0. The summed E-state index contributed by atoms with van der Waals surface area (Å²) in [5, 5.41) is 0. The van der Waals surface area contributed by atoms with Crippen molar-refractivity contribution >= 4 is 18.7 Å². The monoisotopic (exact) mass is 273 g/mol. The van der Waals surface area contributed by atoms with Gasteiger partial charge in [0.25, 0.3) is 0 Å². The van der Waals surface area contributed by atoms with E-state index in [4.69, 9.17) is 9.47 Å². The van der Waals surface area contributed by atoms with Crippen LogP contribution in [0.15, 0.2) is 0 Å². The highest BCUT2D eigenvalue weighted by atomic mass is 32.1. The highest BCUT2D eigenvalue weighted by molar-refractivity contribution is 7.80. The average molecular weight is 273 g/mol. The summed E-state index contributed by atoms with van der Waals surface area (Å²) in [4.78, 5) is 14.1. The van der Waals surface area contributed by atoms with Gasteiger partial charge in [0.2, 0.25) is 0 Å². The molecule has 2 bridgehead atoms. The number of nitrogens with zero attached hydrogens (tertiary/aromatic N) is 1. The topological polar surface area (TPSA) is 38.8 Å². The molecule has 0 radical (unpaired) electrons. The molecule has 104 valence electrons. The zero-order valence-electron chi connectivity index (χ0n) is 11.4. The maximum Gasteiger partial charge on any atom is 0.410 e. The van der Waals surface area contributed by atoms with E-state index in [9.17, 15) is 4.79 Å². The van der Waals surface area contributed by atoms with Gasteiger partial charge in [0, 0.05) is 0 Å². The van der Waals surface area contributed by atoms with Gasteiger partial charge < -0.3 is 9.47 Å². The molecular weight excluding hydrogens is 250 g/mol. The van der Waals surface area contributed by atoms with Crippen molar-refractivity contribution in [3.8, 4) is 0 Å². The second-order valence-electron chi connectivity index (χ2n) is 6.25. The molecular formula is C13H23NO3S. The first-order valence-corrected chi connectivity index (χ1v) is 7.24. The van der Waals surface area contributed by atoms with Crippen molar-refractivity contribution in [3.05, 3.63) is 0 Å². The lowest BCUT2D eigenvalue weighted by Gasteiger charge is -2.48. The molecule has 0 aromatic rings. The van der Waals surface area contributed by atoms with Gasteiger partial charge in [-0.3, -0.25) is 4.90 Å². The third-order valence-corrected chi connectivity index (χ3v) is 4.00. The Labute approximate surface area is 114 Å². The quantitative estimate of drug-likeness (QED) is 0.745.